The highest BCUT2D eigenvalue weighted by molar-refractivity contribution is 7.96. The van der Waals surface area contributed by atoms with Crippen molar-refractivity contribution in [2.24, 2.45) is 17.8 Å². The van der Waals surface area contributed by atoms with Crippen LogP contribution in [0.3, 0.4) is 0 Å². The van der Waals surface area contributed by atoms with Gasteiger partial charge in [0.1, 0.15) is 24.3 Å². The first-order chi connectivity index (χ1) is 10.8. The summed E-state index contributed by atoms with van der Waals surface area (Å²) in [4.78, 5) is 34.2. The summed E-state index contributed by atoms with van der Waals surface area (Å²) in [5.74, 6) is -3.49. The summed E-state index contributed by atoms with van der Waals surface area (Å²) in [7, 11) is 0. The molecule has 1 aliphatic heterocycles. The van der Waals surface area contributed by atoms with Gasteiger partial charge in [0, 0.05) is 11.8 Å². The van der Waals surface area contributed by atoms with Crippen molar-refractivity contribution in [1.82, 2.24) is 0 Å². The summed E-state index contributed by atoms with van der Waals surface area (Å²) in [5.41, 5.74) is 0. The van der Waals surface area contributed by atoms with Crippen LogP contribution in [0.15, 0.2) is 0 Å². The van der Waals surface area contributed by atoms with Crippen LogP contribution < -0.4 is 0 Å². The van der Waals surface area contributed by atoms with E-state index in [0.717, 1.165) is 0 Å². The standard InChI is InChI=1S/C12H12F2O8S/c13-12(14,23-22-18)11(17)19-3-7(15)20-8-4-1-5-6(2-4)10(16)21-9(5)8/h4-6,8-9,18H,1-3H2. The average molecular weight is 354 g/mol. The second-order valence-corrected chi connectivity index (χ2v) is 6.44. The van der Waals surface area contributed by atoms with Crippen LogP contribution in [0.4, 0.5) is 8.78 Å². The molecule has 0 amide bonds. The van der Waals surface area contributed by atoms with E-state index in [-0.39, 0.29) is 23.7 Å². The van der Waals surface area contributed by atoms with E-state index in [9.17, 15) is 23.2 Å². The van der Waals surface area contributed by atoms with Gasteiger partial charge in [0.15, 0.2) is 6.61 Å². The van der Waals surface area contributed by atoms with E-state index < -0.39 is 48.1 Å². The predicted molar refractivity (Wildman–Crippen MR) is 66.7 cm³/mol. The molecule has 5 unspecified atom stereocenters. The zero-order valence-corrected chi connectivity index (χ0v) is 12.3. The Hall–Kier alpha value is -1.46. The summed E-state index contributed by atoms with van der Waals surface area (Å²) in [6.45, 7) is -1.02. The minimum atomic E-state index is -4.16. The summed E-state index contributed by atoms with van der Waals surface area (Å²) in [5, 5.41) is 3.75. The van der Waals surface area contributed by atoms with Crippen molar-refractivity contribution in [3.8, 4) is 0 Å². The van der Waals surface area contributed by atoms with Crippen LogP contribution >= 0.6 is 12.0 Å². The number of hydrogen-bond acceptors (Lipinski definition) is 9. The van der Waals surface area contributed by atoms with Crippen molar-refractivity contribution in [3.63, 3.8) is 0 Å². The second kappa shape index (κ2) is 5.87. The van der Waals surface area contributed by atoms with Crippen LogP contribution in [0.1, 0.15) is 12.8 Å². The molecule has 0 aromatic rings. The molecule has 2 saturated carbocycles. The molecule has 128 valence electrons. The molecule has 1 saturated heterocycles. The number of alkyl halides is 2. The fourth-order valence-corrected chi connectivity index (χ4v) is 3.76. The highest BCUT2D eigenvalue weighted by atomic mass is 32.2. The van der Waals surface area contributed by atoms with Crippen LogP contribution in [0.25, 0.3) is 0 Å². The van der Waals surface area contributed by atoms with Crippen molar-refractivity contribution in [2.75, 3.05) is 6.61 Å². The van der Waals surface area contributed by atoms with E-state index in [1.165, 1.54) is 0 Å². The number of halogens is 2. The molecule has 23 heavy (non-hydrogen) atoms. The third kappa shape index (κ3) is 2.88. The van der Waals surface area contributed by atoms with E-state index in [1.54, 1.807) is 0 Å². The highest BCUT2D eigenvalue weighted by Gasteiger charge is 2.63. The van der Waals surface area contributed by atoms with Crippen LogP contribution in [-0.4, -0.2) is 47.2 Å². The molecule has 3 aliphatic rings. The van der Waals surface area contributed by atoms with Gasteiger partial charge in [0.25, 0.3) is 0 Å². The molecule has 0 radical (unpaired) electrons. The second-order valence-electron chi connectivity index (χ2n) is 5.61. The molecule has 1 heterocycles. The van der Waals surface area contributed by atoms with Gasteiger partial charge in [0.2, 0.25) is 0 Å². The lowest BCUT2D eigenvalue weighted by Gasteiger charge is -2.25. The topological polar surface area (TPSA) is 108 Å². The zero-order valence-electron chi connectivity index (χ0n) is 11.5. The van der Waals surface area contributed by atoms with Gasteiger partial charge in [-0.1, -0.05) is 0 Å². The van der Waals surface area contributed by atoms with Gasteiger partial charge < -0.3 is 14.2 Å². The van der Waals surface area contributed by atoms with Crippen LogP contribution in [0, 0.1) is 17.8 Å². The summed E-state index contributed by atoms with van der Waals surface area (Å²) >= 11 is -0.816. The summed E-state index contributed by atoms with van der Waals surface area (Å²) in [6.07, 6.45) is 0.136. The maximum atomic E-state index is 13.0. The van der Waals surface area contributed by atoms with Gasteiger partial charge in [-0.05, 0) is 12.8 Å². The van der Waals surface area contributed by atoms with E-state index in [2.05, 4.69) is 9.07 Å². The van der Waals surface area contributed by atoms with Gasteiger partial charge in [-0.2, -0.15) is 13.1 Å². The number of ether oxygens (including phenoxy) is 3. The maximum Gasteiger partial charge on any atom is 0.415 e. The Bertz CT molecular complexity index is 541. The van der Waals surface area contributed by atoms with E-state index in [0.29, 0.717) is 12.8 Å². The molecular formula is C12H12F2O8S. The van der Waals surface area contributed by atoms with Gasteiger partial charge in [-0.15, -0.1) is 0 Å². The van der Waals surface area contributed by atoms with Crippen LogP contribution in [-0.2, 0) is 32.9 Å². The molecular weight excluding hydrogens is 342 g/mol. The van der Waals surface area contributed by atoms with Crippen molar-refractivity contribution >= 4 is 30.0 Å². The molecule has 0 aromatic carbocycles. The monoisotopic (exact) mass is 354 g/mol. The lowest BCUT2D eigenvalue weighted by Crippen LogP contribution is -2.37. The third-order valence-electron chi connectivity index (χ3n) is 4.38. The molecule has 8 nitrogen and oxygen atoms in total. The van der Waals surface area contributed by atoms with E-state index in [1.807, 2.05) is 0 Å². The van der Waals surface area contributed by atoms with Crippen molar-refractivity contribution in [2.45, 2.75) is 30.3 Å². The number of esters is 3. The Morgan fingerprint density at radius 3 is 2.83 bits per heavy atom. The first-order valence-electron chi connectivity index (χ1n) is 6.77. The lowest BCUT2D eigenvalue weighted by molar-refractivity contribution is -0.177. The summed E-state index contributed by atoms with van der Waals surface area (Å²) < 4.78 is 43.5. The fraction of sp³-hybridized carbons (Fsp3) is 0.750. The molecule has 3 rings (SSSR count). The largest absolute Gasteiger partial charge is 0.458 e. The van der Waals surface area contributed by atoms with Gasteiger partial charge >= 0.3 is 23.2 Å². The molecule has 2 aliphatic carbocycles. The zero-order chi connectivity index (χ0) is 16.8. The highest BCUT2D eigenvalue weighted by Crippen LogP contribution is 2.55. The normalized spacial score (nSPS) is 34.4. The molecule has 1 N–H and O–H groups in total. The quantitative estimate of drug-likeness (QED) is 0.243. The number of hydrogen-bond donors (Lipinski definition) is 1. The van der Waals surface area contributed by atoms with Gasteiger partial charge in [-0.3, -0.25) is 4.79 Å². The molecule has 11 heteroatoms. The minimum absolute atomic E-state index is 0.0131. The Morgan fingerprint density at radius 1 is 1.39 bits per heavy atom. The predicted octanol–water partition coefficient (Wildman–Crippen LogP) is 0.753. The minimum Gasteiger partial charge on any atom is -0.458 e. The molecule has 2 bridgehead atoms. The van der Waals surface area contributed by atoms with Crippen LogP contribution in [0.2, 0.25) is 0 Å². The fourth-order valence-electron chi connectivity index (χ4n) is 3.54. The Balaban J connectivity index is 1.49. The van der Waals surface area contributed by atoms with Gasteiger partial charge in [0.05, 0.1) is 5.92 Å². The maximum absolute atomic E-state index is 13.0. The Labute approximate surface area is 132 Å². The average Bonchev–Trinajstić information content (AvgIpc) is 3.09. The molecule has 3 fully saturated rings. The number of carbonyl (C=O) groups is 3. The molecule has 0 spiro atoms. The smallest absolute Gasteiger partial charge is 0.415 e. The Kier molecular flexibility index (Phi) is 4.19. The first kappa shape index (κ1) is 16.4. The third-order valence-corrected chi connectivity index (χ3v) is 4.83. The lowest BCUT2D eigenvalue weighted by atomic mass is 9.88. The van der Waals surface area contributed by atoms with Crippen molar-refractivity contribution in [3.05, 3.63) is 0 Å². The number of carbonyl (C=O) groups excluding carboxylic acids is 3. The SMILES string of the molecule is O=C(COC(=O)C(F)(F)SOO)OC1C2CC3C(=O)OC1C3C2. The Morgan fingerprint density at radius 2 is 2.13 bits per heavy atom. The van der Waals surface area contributed by atoms with E-state index in [4.69, 9.17) is 14.7 Å². The van der Waals surface area contributed by atoms with Crippen molar-refractivity contribution in [1.29, 1.82) is 0 Å². The molecule has 0 aromatic heterocycles. The van der Waals surface area contributed by atoms with E-state index >= 15 is 0 Å². The summed E-state index contributed by atoms with van der Waals surface area (Å²) in [6, 6.07) is 0. The number of fused-ring (bicyclic) bond motifs is 1. The van der Waals surface area contributed by atoms with Crippen LogP contribution in [0.5, 0.6) is 0 Å². The first-order valence-corrected chi connectivity index (χ1v) is 7.52. The van der Waals surface area contributed by atoms with Crippen molar-refractivity contribution < 1.29 is 47.0 Å². The van der Waals surface area contributed by atoms with Gasteiger partial charge in [-0.25, -0.2) is 14.8 Å². The molecule has 5 atom stereocenters. The number of rotatable bonds is 6.